The van der Waals surface area contributed by atoms with Crippen molar-refractivity contribution in [2.45, 2.75) is 56.1 Å². The van der Waals surface area contributed by atoms with E-state index in [1.165, 1.54) is 37.7 Å². The van der Waals surface area contributed by atoms with E-state index in [2.05, 4.69) is 10.6 Å². The van der Waals surface area contributed by atoms with Crippen LogP contribution in [0.15, 0.2) is 23.5 Å². The van der Waals surface area contributed by atoms with Gasteiger partial charge >= 0.3 is 0 Å². The highest BCUT2D eigenvalue weighted by Gasteiger charge is 2.37. The van der Waals surface area contributed by atoms with E-state index in [1.807, 2.05) is 29.6 Å². The minimum atomic E-state index is -0.627. The second-order valence-electron chi connectivity index (χ2n) is 7.90. The highest BCUT2D eigenvalue weighted by molar-refractivity contribution is 8.20. The molecule has 0 bridgehead atoms. The Hall–Kier alpha value is -1.41. The fourth-order valence-corrected chi connectivity index (χ4v) is 7.32. The van der Waals surface area contributed by atoms with Crippen molar-refractivity contribution >= 4 is 41.1 Å². The van der Waals surface area contributed by atoms with Gasteiger partial charge in [0.15, 0.2) is 5.78 Å². The Morgan fingerprint density at radius 3 is 2.76 bits per heavy atom. The summed E-state index contributed by atoms with van der Waals surface area (Å²) >= 11 is 4.09. The van der Waals surface area contributed by atoms with E-state index in [1.54, 1.807) is 6.08 Å². The predicted molar refractivity (Wildman–Crippen MR) is 118 cm³/mol. The first-order chi connectivity index (χ1) is 14.0. The number of amides is 2. The van der Waals surface area contributed by atoms with Crippen molar-refractivity contribution in [2.24, 2.45) is 11.8 Å². The lowest BCUT2D eigenvalue weighted by Gasteiger charge is -2.19. The molecule has 0 aromatic carbocycles. The van der Waals surface area contributed by atoms with Crippen molar-refractivity contribution in [3.05, 3.63) is 23.5 Å². The summed E-state index contributed by atoms with van der Waals surface area (Å²) in [6.45, 7) is 1.90. The van der Waals surface area contributed by atoms with E-state index >= 15 is 0 Å². The standard InChI is InChI=1S/C21H30N2O4S2/c1-13(24)22-9-3-6-16-20(26)19(21(27)23-16)17(25)8-7-14-4-2-5-15(14)12-18-28-10-11-29-18/h7-8,14-16,18,25H,2-6,9-12H2,1H3,(H,22,24)(H,23,27)/b8-7?,19-17-. The van der Waals surface area contributed by atoms with Gasteiger partial charge in [0.05, 0.1) is 10.6 Å². The Morgan fingerprint density at radius 2 is 2.03 bits per heavy atom. The zero-order chi connectivity index (χ0) is 20.8. The number of aliphatic hydroxyl groups excluding tert-OH is 1. The average Bonchev–Trinajstić information content (AvgIpc) is 3.39. The molecular formula is C21H30N2O4S2. The Bertz CT molecular complexity index is 701. The molecule has 160 valence electrons. The minimum Gasteiger partial charge on any atom is -0.507 e. The van der Waals surface area contributed by atoms with Gasteiger partial charge in [-0.3, -0.25) is 14.4 Å². The third-order valence-corrected chi connectivity index (χ3v) is 8.88. The number of aliphatic hydroxyl groups is 1. The summed E-state index contributed by atoms with van der Waals surface area (Å²) in [6.07, 6.45) is 9.26. The van der Waals surface area contributed by atoms with Crippen molar-refractivity contribution in [3.63, 3.8) is 0 Å². The number of hydrogen-bond donors (Lipinski definition) is 3. The molecule has 3 N–H and O–H groups in total. The lowest BCUT2D eigenvalue weighted by Crippen LogP contribution is -2.30. The maximum Gasteiger partial charge on any atom is 0.259 e. The molecule has 2 amide bonds. The van der Waals surface area contributed by atoms with Crippen LogP contribution in [-0.2, 0) is 14.4 Å². The van der Waals surface area contributed by atoms with Gasteiger partial charge in [-0.1, -0.05) is 12.5 Å². The van der Waals surface area contributed by atoms with Gasteiger partial charge in [-0.05, 0) is 50.0 Å². The van der Waals surface area contributed by atoms with Crippen LogP contribution in [0.25, 0.3) is 0 Å². The summed E-state index contributed by atoms with van der Waals surface area (Å²) in [5.74, 6) is 2.26. The smallest absolute Gasteiger partial charge is 0.259 e. The van der Waals surface area contributed by atoms with E-state index in [-0.39, 0.29) is 23.0 Å². The second kappa shape index (κ2) is 10.6. The molecule has 0 radical (unpaired) electrons. The van der Waals surface area contributed by atoms with Crippen LogP contribution < -0.4 is 10.6 Å². The summed E-state index contributed by atoms with van der Waals surface area (Å²) in [6, 6.07) is -0.627. The summed E-state index contributed by atoms with van der Waals surface area (Å²) < 4.78 is 0.682. The van der Waals surface area contributed by atoms with Crippen molar-refractivity contribution in [2.75, 3.05) is 18.1 Å². The normalized spacial score (nSPS) is 29.6. The van der Waals surface area contributed by atoms with Crippen LogP contribution >= 0.6 is 23.5 Å². The molecule has 29 heavy (non-hydrogen) atoms. The fourth-order valence-electron chi connectivity index (χ4n) is 4.30. The summed E-state index contributed by atoms with van der Waals surface area (Å²) in [4.78, 5) is 35.7. The Morgan fingerprint density at radius 1 is 1.28 bits per heavy atom. The van der Waals surface area contributed by atoms with Gasteiger partial charge in [-0.25, -0.2) is 0 Å². The molecular weight excluding hydrogens is 408 g/mol. The third kappa shape index (κ3) is 6.04. The molecule has 2 saturated heterocycles. The van der Waals surface area contributed by atoms with Crippen molar-refractivity contribution in [3.8, 4) is 0 Å². The fraction of sp³-hybridized carbons (Fsp3) is 0.667. The first-order valence-electron chi connectivity index (χ1n) is 10.4. The lowest BCUT2D eigenvalue weighted by molar-refractivity contribution is -0.119. The summed E-state index contributed by atoms with van der Waals surface area (Å²) in [5.41, 5.74) is -0.137. The maximum atomic E-state index is 12.5. The van der Waals surface area contributed by atoms with E-state index in [9.17, 15) is 19.5 Å². The largest absolute Gasteiger partial charge is 0.507 e. The van der Waals surface area contributed by atoms with Crippen molar-refractivity contribution in [1.82, 2.24) is 10.6 Å². The van der Waals surface area contributed by atoms with E-state index in [0.29, 0.717) is 35.8 Å². The van der Waals surface area contributed by atoms with E-state index in [0.717, 1.165) is 6.42 Å². The van der Waals surface area contributed by atoms with Gasteiger partial charge in [0.1, 0.15) is 11.3 Å². The quantitative estimate of drug-likeness (QED) is 0.233. The number of hydrogen-bond acceptors (Lipinski definition) is 6. The molecule has 3 unspecified atom stereocenters. The maximum absolute atomic E-state index is 12.5. The van der Waals surface area contributed by atoms with E-state index in [4.69, 9.17) is 0 Å². The second-order valence-corrected chi connectivity index (χ2v) is 10.8. The zero-order valence-corrected chi connectivity index (χ0v) is 18.4. The number of Topliss-reactive ketones (excluding diaryl/α,β-unsaturated/α-hetero) is 1. The minimum absolute atomic E-state index is 0.120. The SMILES string of the molecule is CC(=O)NCCCC1NC(=O)/C(=C(\O)C=CC2CCCC2CC2SCCS2)C1=O. The molecule has 3 atom stereocenters. The topological polar surface area (TPSA) is 95.5 Å². The van der Waals surface area contributed by atoms with Crippen LogP contribution in [-0.4, -0.2) is 51.4 Å². The van der Waals surface area contributed by atoms with Crippen LogP contribution in [0, 0.1) is 11.8 Å². The molecule has 2 aliphatic heterocycles. The monoisotopic (exact) mass is 438 g/mol. The molecule has 0 aromatic rings. The first kappa shape index (κ1) is 22.3. The predicted octanol–water partition coefficient (Wildman–Crippen LogP) is 2.95. The highest BCUT2D eigenvalue weighted by atomic mass is 32.2. The summed E-state index contributed by atoms with van der Waals surface area (Å²) in [5, 5.41) is 15.8. The van der Waals surface area contributed by atoms with Gasteiger partial charge in [0.2, 0.25) is 5.91 Å². The van der Waals surface area contributed by atoms with Crippen LogP contribution in [0.1, 0.15) is 45.4 Å². The summed E-state index contributed by atoms with van der Waals surface area (Å²) in [7, 11) is 0. The average molecular weight is 439 g/mol. The van der Waals surface area contributed by atoms with Crippen LogP contribution in [0.2, 0.25) is 0 Å². The molecule has 3 fully saturated rings. The Labute approximate surface area is 180 Å². The molecule has 0 aromatic heterocycles. The first-order valence-corrected chi connectivity index (χ1v) is 12.5. The van der Waals surface area contributed by atoms with Crippen molar-refractivity contribution in [1.29, 1.82) is 0 Å². The highest BCUT2D eigenvalue weighted by Crippen LogP contribution is 2.43. The molecule has 2 heterocycles. The molecule has 3 rings (SSSR count). The molecule has 1 saturated carbocycles. The van der Waals surface area contributed by atoms with Gasteiger partial charge in [0.25, 0.3) is 5.91 Å². The third-order valence-electron chi connectivity index (χ3n) is 5.80. The van der Waals surface area contributed by atoms with Gasteiger partial charge in [0, 0.05) is 25.0 Å². The molecule has 3 aliphatic rings. The number of carbonyl (C=O) groups excluding carboxylic acids is 3. The van der Waals surface area contributed by atoms with E-state index < -0.39 is 11.9 Å². The number of ketones is 1. The lowest BCUT2D eigenvalue weighted by atomic mass is 9.92. The van der Waals surface area contributed by atoms with Crippen LogP contribution in [0.3, 0.4) is 0 Å². The molecule has 0 spiro atoms. The number of thioether (sulfide) groups is 2. The van der Waals surface area contributed by atoms with Crippen LogP contribution in [0.5, 0.6) is 0 Å². The number of carbonyl (C=O) groups is 3. The van der Waals surface area contributed by atoms with Gasteiger partial charge in [-0.15, -0.1) is 23.5 Å². The zero-order valence-electron chi connectivity index (χ0n) is 16.8. The number of rotatable bonds is 8. The molecule has 8 heteroatoms. The number of allylic oxidation sites excluding steroid dienone is 2. The number of nitrogens with one attached hydrogen (secondary N) is 2. The van der Waals surface area contributed by atoms with Gasteiger partial charge in [-0.2, -0.15) is 0 Å². The molecule has 6 nitrogen and oxygen atoms in total. The van der Waals surface area contributed by atoms with Crippen LogP contribution in [0.4, 0.5) is 0 Å². The Kier molecular flexibility index (Phi) is 8.12. The van der Waals surface area contributed by atoms with Gasteiger partial charge < -0.3 is 15.7 Å². The Balaban J connectivity index is 1.57. The van der Waals surface area contributed by atoms with Crippen molar-refractivity contribution < 1.29 is 19.5 Å². The molecule has 1 aliphatic carbocycles.